The second-order valence-electron chi connectivity index (χ2n) is 8.78. The summed E-state index contributed by atoms with van der Waals surface area (Å²) in [5.41, 5.74) is 2.28. The fourth-order valence-electron chi connectivity index (χ4n) is 4.48. The van der Waals surface area contributed by atoms with Crippen LogP contribution in [0.5, 0.6) is 5.75 Å². The van der Waals surface area contributed by atoms with E-state index >= 15 is 0 Å². The SMILES string of the molecule is CCOc1ccc(-c2ccc([C@@H]3[C@H](c4ccccn4)NC(=S)N3CCC(=O)Nc3ccc(F)cc3)o2)cc1. The van der Waals surface area contributed by atoms with Crippen molar-refractivity contribution in [1.82, 2.24) is 15.2 Å². The highest BCUT2D eigenvalue weighted by atomic mass is 32.1. The van der Waals surface area contributed by atoms with Gasteiger partial charge in [0.05, 0.1) is 18.3 Å². The van der Waals surface area contributed by atoms with E-state index in [0.717, 1.165) is 22.8 Å². The number of carbonyl (C=O) groups is 1. The van der Waals surface area contributed by atoms with Gasteiger partial charge in [0, 0.05) is 30.4 Å². The van der Waals surface area contributed by atoms with Crippen LogP contribution in [0.3, 0.4) is 0 Å². The largest absolute Gasteiger partial charge is 0.494 e. The first kappa shape index (κ1) is 25.4. The van der Waals surface area contributed by atoms with Gasteiger partial charge in [-0.25, -0.2) is 4.39 Å². The number of carbonyl (C=O) groups excluding carboxylic acids is 1. The first-order valence-electron chi connectivity index (χ1n) is 12.4. The van der Waals surface area contributed by atoms with Crippen LogP contribution in [0.15, 0.2) is 89.5 Å². The summed E-state index contributed by atoms with van der Waals surface area (Å²) in [7, 11) is 0. The van der Waals surface area contributed by atoms with Crippen molar-refractivity contribution in [1.29, 1.82) is 0 Å². The van der Waals surface area contributed by atoms with Crippen LogP contribution >= 0.6 is 12.2 Å². The predicted octanol–water partition coefficient (Wildman–Crippen LogP) is 5.88. The Labute approximate surface area is 225 Å². The lowest BCUT2D eigenvalue weighted by Crippen LogP contribution is -2.32. The van der Waals surface area contributed by atoms with Crippen molar-refractivity contribution < 1.29 is 18.3 Å². The van der Waals surface area contributed by atoms with Crippen LogP contribution in [0, 0.1) is 5.82 Å². The molecular formula is C29H27FN4O3S. The number of furan rings is 1. The molecular weight excluding hydrogens is 503 g/mol. The number of amides is 1. The van der Waals surface area contributed by atoms with Gasteiger partial charge in [-0.3, -0.25) is 9.78 Å². The van der Waals surface area contributed by atoms with Gasteiger partial charge < -0.3 is 24.7 Å². The monoisotopic (exact) mass is 530 g/mol. The van der Waals surface area contributed by atoms with E-state index in [0.29, 0.717) is 29.7 Å². The summed E-state index contributed by atoms with van der Waals surface area (Å²) >= 11 is 5.69. The summed E-state index contributed by atoms with van der Waals surface area (Å²) in [4.78, 5) is 19.2. The standard InChI is InChI=1S/C29H27FN4O3S/c1-2-36-22-12-6-19(7-13-22)24-14-15-25(37-24)28-27(23-5-3-4-17-31-23)33-29(38)34(28)18-16-26(35)32-21-10-8-20(30)9-11-21/h3-15,17,27-28H,2,16,18H2,1H3,(H,32,35)(H,33,38)/t27-,28+/m0/s1. The third-order valence-corrected chi connectivity index (χ3v) is 6.63. The van der Waals surface area contributed by atoms with Crippen LogP contribution in [0.2, 0.25) is 0 Å². The second-order valence-corrected chi connectivity index (χ2v) is 9.17. The highest BCUT2D eigenvalue weighted by Crippen LogP contribution is 2.40. The zero-order valence-electron chi connectivity index (χ0n) is 20.8. The predicted molar refractivity (Wildman–Crippen MR) is 147 cm³/mol. The molecule has 38 heavy (non-hydrogen) atoms. The number of halogens is 1. The molecule has 7 nitrogen and oxygen atoms in total. The van der Waals surface area contributed by atoms with Crippen molar-refractivity contribution in [2.75, 3.05) is 18.5 Å². The number of rotatable bonds is 9. The Morgan fingerprint density at radius 1 is 1.11 bits per heavy atom. The quantitative estimate of drug-likeness (QED) is 0.262. The van der Waals surface area contributed by atoms with E-state index < -0.39 is 0 Å². The number of aromatic nitrogens is 1. The van der Waals surface area contributed by atoms with Gasteiger partial charge >= 0.3 is 0 Å². The van der Waals surface area contributed by atoms with Crippen LogP contribution in [0.25, 0.3) is 11.3 Å². The molecule has 2 N–H and O–H groups in total. The highest BCUT2D eigenvalue weighted by molar-refractivity contribution is 7.80. The van der Waals surface area contributed by atoms with Crippen LogP contribution in [-0.4, -0.2) is 34.1 Å². The Bertz CT molecular complexity index is 1390. The molecule has 9 heteroatoms. The molecule has 1 amide bonds. The summed E-state index contributed by atoms with van der Waals surface area (Å²) in [6, 6.07) is 22.4. The maximum atomic E-state index is 13.2. The number of thiocarbonyl (C=S) groups is 1. The van der Waals surface area contributed by atoms with E-state index in [1.807, 2.05) is 66.4 Å². The Kier molecular flexibility index (Phi) is 7.65. The molecule has 4 aromatic rings. The highest BCUT2D eigenvalue weighted by Gasteiger charge is 2.41. The van der Waals surface area contributed by atoms with Crippen molar-refractivity contribution in [3.05, 3.63) is 102 Å². The van der Waals surface area contributed by atoms with Gasteiger partial charge in [0.15, 0.2) is 5.11 Å². The first-order valence-corrected chi connectivity index (χ1v) is 12.8. The normalized spacial score (nSPS) is 16.8. The molecule has 2 aromatic carbocycles. The third-order valence-electron chi connectivity index (χ3n) is 6.27. The van der Waals surface area contributed by atoms with E-state index in [-0.39, 0.29) is 30.2 Å². The summed E-state index contributed by atoms with van der Waals surface area (Å²) in [5, 5.41) is 6.68. The molecule has 2 atom stereocenters. The van der Waals surface area contributed by atoms with E-state index in [9.17, 15) is 9.18 Å². The first-order chi connectivity index (χ1) is 18.5. The van der Waals surface area contributed by atoms with Crippen LogP contribution < -0.4 is 15.4 Å². The average molecular weight is 531 g/mol. The number of benzene rings is 2. The van der Waals surface area contributed by atoms with Gasteiger partial charge in [0.25, 0.3) is 0 Å². The van der Waals surface area contributed by atoms with E-state index in [2.05, 4.69) is 15.6 Å². The second kappa shape index (κ2) is 11.4. The van der Waals surface area contributed by atoms with Gasteiger partial charge in [-0.15, -0.1) is 0 Å². The minimum Gasteiger partial charge on any atom is -0.494 e. The van der Waals surface area contributed by atoms with Crippen molar-refractivity contribution >= 4 is 28.9 Å². The Balaban J connectivity index is 1.37. The van der Waals surface area contributed by atoms with Crippen LogP contribution in [0.4, 0.5) is 10.1 Å². The van der Waals surface area contributed by atoms with Crippen molar-refractivity contribution in [2.24, 2.45) is 0 Å². The van der Waals surface area contributed by atoms with E-state index in [1.54, 1.807) is 6.20 Å². The van der Waals surface area contributed by atoms with Gasteiger partial charge in [0.2, 0.25) is 5.91 Å². The van der Waals surface area contributed by atoms with Crippen LogP contribution in [-0.2, 0) is 4.79 Å². The molecule has 0 radical (unpaired) electrons. The minimum atomic E-state index is -0.358. The molecule has 0 aliphatic carbocycles. The molecule has 0 unspecified atom stereocenters. The smallest absolute Gasteiger partial charge is 0.226 e. The molecule has 0 bridgehead atoms. The van der Waals surface area contributed by atoms with Gasteiger partial charge in [0.1, 0.15) is 29.1 Å². The molecule has 2 aromatic heterocycles. The number of nitrogens with zero attached hydrogens (tertiary/aromatic N) is 2. The van der Waals surface area contributed by atoms with Gasteiger partial charge in [-0.05, 0) is 91.9 Å². The van der Waals surface area contributed by atoms with Crippen LogP contribution in [0.1, 0.15) is 36.9 Å². The molecule has 0 spiro atoms. The number of anilines is 1. The summed E-state index contributed by atoms with van der Waals surface area (Å²) < 4.78 is 25.1. The summed E-state index contributed by atoms with van der Waals surface area (Å²) in [5.74, 6) is 1.66. The molecule has 1 aliphatic rings. The van der Waals surface area contributed by atoms with Crippen molar-refractivity contribution in [3.8, 4) is 17.1 Å². The Morgan fingerprint density at radius 3 is 2.61 bits per heavy atom. The number of nitrogens with one attached hydrogen (secondary N) is 2. The molecule has 1 fully saturated rings. The maximum absolute atomic E-state index is 13.2. The topological polar surface area (TPSA) is 79.6 Å². The van der Waals surface area contributed by atoms with E-state index in [4.69, 9.17) is 21.4 Å². The summed E-state index contributed by atoms with van der Waals surface area (Å²) in [6.07, 6.45) is 1.92. The van der Waals surface area contributed by atoms with Gasteiger partial charge in [-0.2, -0.15) is 0 Å². The zero-order valence-corrected chi connectivity index (χ0v) is 21.6. The molecule has 194 valence electrons. The lowest BCUT2D eigenvalue weighted by molar-refractivity contribution is -0.116. The van der Waals surface area contributed by atoms with Crippen molar-refractivity contribution in [3.63, 3.8) is 0 Å². The molecule has 5 rings (SSSR count). The number of hydrogen-bond acceptors (Lipinski definition) is 5. The summed E-state index contributed by atoms with van der Waals surface area (Å²) in [6.45, 7) is 2.90. The molecule has 1 aliphatic heterocycles. The Hall–Kier alpha value is -4.24. The van der Waals surface area contributed by atoms with Gasteiger partial charge in [-0.1, -0.05) is 6.07 Å². The fourth-order valence-corrected chi connectivity index (χ4v) is 4.81. The molecule has 0 saturated carbocycles. The Morgan fingerprint density at radius 2 is 1.89 bits per heavy atom. The van der Waals surface area contributed by atoms with E-state index in [1.165, 1.54) is 24.3 Å². The minimum absolute atomic E-state index is 0.178. The number of hydrogen-bond donors (Lipinski definition) is 2. The number of pyridine rings is 1. The maximum Gasteiger partial charge on any atom is 0.226 e. The fraction of sp³-hybridized carbons (Fsp3) is 0.207. The number of ether oxygens (including phenoxy) is 1. The molecule has 1 saturated heterocycles. The third kappa shape index (κ3) is 5.68. The average Bonchev–Trinajstić information content (AvgIpc) is 3.54. The lowest BCUT2D eigenvalue weighted by atomic mass is 10.0. The molecule has 3 heterocycles. The lowest BCUT2D eigenvalue weighted by Gasteiger charge is -2.25. The zero-order chi connectivity index (χ0) is 26.5. The van der Waals surface area contributed by atoms with Crippen molar-refractivity contribution in [2.45, 2.75) is 25.4 Å².